The fourth-order valence-electron chi connectivity index (χ4n) is 5.17. The van der Waals surface area contributed by atoms with E-state index < -0.39 is 64.8 Å². The molecule has 292 valence electrons. The maximum absolute atomic E-state index is 13.9. The number of carbonyl (C=O) groups is 3. The van der Waals surface area contributed by atoms with Gasteiger partial charge in [-0.25, -0.2) is 19.7 Å². The molecule has 2 aromatic heterocycles. The van der Waals surface area contributed by atoms with Crippen LogP contribution < -0.4 is 16.0 Å². The van der Waals surface area contributed by atoms with Crippen molar-refractivity contribution in [3.05, 3.63) is 48.5 Å². The van der Waals surface area contributed by atoms with Gasteiger partial charge in [0.05, 0.1) is 19.0 Å². The van der Waals surface area contributed by atoms with E-state index >= 15 is 0 Å². The molecule has 0 aliphatic carbocycles. The zero-order valence-electron chi connectivity index (χ0n) is 33.8. The van der Waals surface area contributed by atoms with Gasteiger partial charge in [-0.1, -0.05) is 59.7 Å². The predicted octanol–water partition coefficient (Wildman–Crippen LogP) is 6.79. The van der Waals surface area contributed by atoms with Crippen molar-refractivity contribution >= 4 is 51.5 Å². The van der Waals surface area contributed by atoms with Gasteiger partial charge >= 0.3 is 6.09 Å². The van der Waals surface area contributed by atoms with Gasteiger partial charge in [-0.05, 0) is 76.1 Å². The lowest BCUT2D eigenvalue weighted by atomic mass is 10.1. The average molecular weight is 770 g/mol. The van der Waals surface area contributed by atoms with Gasteiger partial charge < -0.3 is 34.3 Å². The minimum atomic E-state index is -2.49. The van der Waals surface area contributed by atoms with E-state index in [0.717, 1.165) is 0 Å². The van der Waals surface area contributed by atoms with Crippen LogP contribution in [0, 0.1) is 0 Å². The molecule has 5 atom stereocenters. The van der Waals surface area contributed by atoms with Crippen LogP contribution in [0.1, 0.15) is 85.8 Å². The number of anilines is 1. The SMILES string of the molecule is C[C@H](NC(=O)OC(C)(C)C)C(=O)N[C@@H]1[C@H](O[Si](C)(C)C(C)(C)C)[C@@H](CO[Si](C)(C)C(C)(C)C)O[C@H]1n1cnc2c(NC(=O)c3ccccc3)ncnc21. The summed E-state index contributed by atoms with van der Waals surface area (Å²) < 4.78 is 27.9. The van der Waals surface area contributed by atoms with E-state index in [9.17, 15) is 14.4 Å². The van der Waals surface area contributed by atoms with Crippen LogP contribution >= 0.6 is 0 Å². The highest BCUT2D eigenvalue weighted by Gasteiger charge is 2.53. The molecule has 3 heterocycles. The summed E-state index contributed by atoms with van der Waals surface area (Å²) in [6, 6.07) is 7.08. The molecule has 53 heavy (non-hydrogen) atoms. The molecular weight excluding hydrogens is 711 g/mol. The van der Waals surface area contributed by atoms with Gasteiger partial charge in [0.1, 0.15) is 30.1 Å². The number of fused-ring (bicyclic) bond motifs is 1. The number of amides is 3. The van der Waals surface area contributed by atoms with Gasteiger partial charge in [0, 0.05) is 5.56 Å². The lowest BCUT2D eigenvalue weighted by molar-refractivity contribution is -0.124. The van der Waals surface area contributed by atoms with Gasteiger partial charge in [-0.3, -0.25) is 14.2 Å². The van der Waals surface area contributed by atoms with Crippen molar-refractivity contribution < 1.29 is 32.7 Å². The molecular formula is C37H59N7O7Si2. The topological polar surface area (TPSA) is 168 Å². The number of hydrogen-bond acceptors (Lipinski definition) is 10. The number of ether oxygens (including phenoxy) is 2. The summed E-state index contributed by atoms with van der Waals surface area (Å²) in [5.41, 5.74) is 0.441. The fourth-order valence-corrected chi connectivity index (χ4v) is 7.52. The van der Waals surface area contributed by atoms with Gasteiger partial charge in [-0.2, -0.15) is 0 Å². The second-order valence-electron chi connectivity index (χ2n) is 17.7. The van der Waals surface area contributed by atoms with Gasteiger partial charge in [0.2, 0.25) is 5.91 Å². The Morgan fingerprint density at radius 1 is 0.906 bits per heavy atom. The van der Waals surface area contributed by atoms with Crippen LogP contribution in [0.5, 0.6) is 0 Å². The molecule has 3 aromatic rings. The summed E-state index contributed by atoms with van der Waals surface area (Å²) in [5, 5.41) is 8.42. The molecule has 0 spiro atoms. The first-order valence-corrected chi connectivity index (χ1v) is 23.9. The van der Waals surface area contributed by atoms with Crippen LogP contribution in [0.25, 0.3) is 11.2 Å². The first-order chi connectivity index (χ1) is 24.3. The highest BCUT2D eigenvalue weighted by Crippen LogP contribution is 2.43. The molecule has 16 heteroatoms. The highest BCUT2D eigenvalue weighted by molar-refractivity contribution is 6.74. The Morgan fingerprint density at radius 3 is 2.11 bits per heavy atom. The van der Waals surface area contributed by atoms with Crippen LogP contribution in [0.15, 0.2) is 43.0 Å². The zero-order valence-corrected chi connectivity index (χ0v) is 35.8. The van der Waals surface area contributed by atoms with E-state index in [1.807, 2.05) is 6.07 Å². The van der Waals surface area contributed by atoms with Crippen LogP contribution in [0.3, 0.4) is 0 Å². The molecule has 1 aliphatic heterocycles. The molecule has 1 aliphatic rings. The molecule has 3 amide bonds. The van der Waals surface area contributed by atoms with Gasteiger partial charge in [-0.15, -0.1) is 0 Å². The molecule has 1 aromatic carbocycles. The third kappa shape index (κ3) is 10.1. The fraction of sp³-hybridized carbons (Fsp3) is 0.622. The molecule has 0 unspecified atom stereocenters. The van der Waals surface area contributed by atoms with Gasteiger partial charge in [0.25, 0.3) is 5.91 Å². The Kier molecular flexibility index (Phi) is 12.4. The van der Waals surface area contributed by atoms with Crippen LogP contribution in [-0.2, 0) is 23.1 Å². The van der Waals surface area contributed by atoms with Crippen molar-refractivity contribution in [3.63, 3.8) is 0 Å². The van der Waals surface area contributed by atoms with Crippen molar-refractivity contribution in [2.45, 2.75) is 142 Å². The Labute approximate surface area is 315 Å². The van der Waals surface area contributed by atoms with E-state index in [0.29, 0.717) is 16.7 Å². The smallest absolute Gasteiger partial charge is 0.408 e. The lowest BCUT2D eigenvalue weighted by Crippen LogP contribution is -2.57. The van der Waals surface area contributed by atoms with E-state index in [1.54, 1.807) is 62.9 Å². The van der Waals surface area contributed by atoms with Crippen LogP contribution in [0.2, 0.25) is 36.3 Å². The second-order valence-corrected chi connectivity index (χ2v) is 27.3. The number of imidazole rings is 1. The van der Waals surface area contributed by atoms with Crippen molar-refractivity contribution in [1.82, 2.24) is 30.2 Å². The molecule has 4 rings (SSSR count). The molecule has 0 radical (unpaired) electrons. The maximum atomic E-state index is 13.9. The minimum Gasteiger partial charge on any atom is -0.444 e. The summed E-state index contributed by atoms with van der Waals surface area (Å²) in [4.78, 5) is 53.2. The molecule has 14 nitrogen and oxygen atoms in total. The van der Waals surface area contributed by atoms with Crippen molar-refractivity contribution in [1.29, 1.82) is 0 Å². The number of alkyl carbamates (subject to hydrolysis) is 1. The summed E-state index contributed by atoms with van der Waals surface area (Å²) >= 11 is 0. The Balaban J connectivity index is 1.77. The first kappa shape index (κ1) is 42.0. The van der Waals surface area contributed by atoms with E-state index in [2.05, 4.69) is 98.6 Å². The van der Waals surface area contributed by atoms with Crippen molar-refractivity contribution in [2.24, 2.45) is 0 Å². The average Bonchev–Trinajstić information content (AvgIpc) is 3.60. The molecule has 0 saturated carbocycles. The van der Waals surface area contributed by atoms with Crippen molar-refractivity contribution in [2.75, 3.05) is 11.9 Å². The predicted molar refractivity (Wildman–Crippen MR) is 210 cm³/mol. The number of nitrogens with zero attached hydrogens (tertiary/aromatic N) is 4. The Bertz CT molecular complexity index is 1760. The standard InChI is InChI=1S/C37H59N7O7Si2/c1-23(41-34(47)50-35(2,3)4)31(45)42-26-28(51-53(13,14)37(8,9)10)25(20-48-52(11,12)36(5,6)7)49-33(26)44-22-40-27-29(38-21-39-30(27)44)43-32(46)24-18-16-15-17-19-24/h15-19,21-23,25-26,28,33H,20H2,1-14H3,(H,41,47)(H,42,45)(H,38,39,43,46)/t23-,25+,26+,28+,33+/m0/s1. The lowest BCUT2D eigenvalue weighted by Gasteiger charge is -2.42. The largest absolute Gasteiger partial charge is 0.444 e. The third-order valence-corrected chi connectivity index (χ3v) is 19.3. The summed E-state index contributed by atoms with van der Waals surface area (Å²) in [5.74, 6) is -0.582. The van der Waals surface area contributed by atoms with E-state index in [-0.39, 0.29) is 28.4 Å². The van der Waals surface area contributed by atoms with Crippen molar-refractivity contribution in [3.8, 4) is 0 Å². The summed E-state index contributed by atoms with van der Waals surface area (Å²) in [6.45, 7) is 28.7. The summed E-state index contributed by atoms with van der Waals surface area (Å²) in [6.07, 6.45) is 0.0751. The third-order valence-electron chi connectivity index (χ3n) is 10.3. The number of hydrogen-bond donors (Lipinski definition) is 3. The second kappa shape index (κ2) is 15.6. The Morgan fingerprint density at radius 2 is 1.53 bits per heavy atom. The van der Waals surface area contributed by atoms with Crippen LogP contribution in [0.4, 0.5) is 10.6 Å². The van der Waals surface area contributed by atoms with Crippen LogP contribution in [-0.4, -0.2) is 90.6 Å². The zero-order chi connectivity index (χ0) is 39.7. The number of aromatic nitrogens is 4. The number of nitrogens with one attached hydrogen (secondary N) is 3. The monoisotopic (exact) mass is 769 g/mol. The number of rotatable bonds is 11. The maximum Gasteiger partial charge on any atom is 0.408 e. The Hall–Kier alpha value is -3.71. The highest BCUT2D eigenvalue weighted by atomic mass is 28.4. The van der Waals surface area contributed by atoms with E-state index in [1.165, 1.54) is 6.33 Å². The molecule has 1 fully saturated rings. The normalized spacial score (nSPS) is 20.6. The minimum absolute atomic E-state index is 0.0603. The quantitative estimate of drug-likeness (QED) is 0.177. The molecule has 0 bridgehead atoms. The van der Waals surface area contributed by atoms with Gasteiger partial charge in [0.15, 0.2) is 39.8 Å². The van der Waals surface area contributed by atoms with E-state index in [4.69, 9.17) is 18.3 Å². The molecule has 3 N–H and O–H groups in total. The number of benzene rings is 1. The molecule has 1 saturated heterocycles. The first-order valence-electron chi connectivity index (χ1n) is 18.1. The summed E-state index contributed by atoms with van der Waals surface area (Å²) in [7, 11) is -4.73. The number of carbonyl (C=O) groups excluding carboxylic acids is 3.